The number of nitrogens with one attached hydrogen (secondary N) is 2. The first-order valence-electron chi connectivity index (χ1n) is 9.19. The number of aryl methyl sites for hydroxylation is 1. The van der Waals surface area contributed by atoms with Crippen LogP contribution in [0.15, 0.2) is 24.3 Å². The minimum atomic E-state index is -0.291. The largest absolute Gasteiger partial charge is 0.462 e. The molecule has 144 valence electrons. The molecule has 2 N–H and O–H groups in total. The standard InChI is InChI=1S/C20H23FN2O2S2/c1-2-25-19(24)17-15-6-4-3-5-7-16(15)27-18(17)23-20(26)22-12-13-8-10-14(21)11-9-13/h8-11H,2-7,12H2,1H3,(H2,22,23,26). The molecule has 2 aromatic rings. The van der Waals surface area contributed by atoms with Gasteiger partial charge in [0.05, 0.1) is 12.2 Å². The van der Waals surface area contributed by atoms with E-state index >= 15 is 0 Å². The third-order valence-corrected chi connectivity index (χ3v) is 5.95. The van der Waals surface area contributed by atoms with E-state index in [-0.39, 0.29) is 11.8 Å². The first-order valence-corrected chi connectivity index (χ1v) is 10.4. The highest BCUT2D eigenvalue weighted by atomic mass is 32.1. The van der Waals surface area contributed by atoms with E-state index in [0.717, 1.165) is 41.8 Å². The van der Waals surface area contributed by atoms with E-state index in [9.17, 15) is 9.18 Å². The maximum absolute atomic E-state index is 13.0. The van der Waals surface area contributed by atoms with Gasteiger partial charge in [0.1, 0.15) is 10.8 Å². The van der Waals surface area contributed by atoms with Crippen LogP contribution in [-0.4, -0.2) is 17.7 Å². The number of anilines is 1. The number of fused-ring (bicyclic) bond motifs is 1. The summed E-state index contributed by atoms with van der Waals surface area (Å²) >= 11 is 6.99. The van der Waals surface area contributed by atoms with Crippen molar-refractivity contribution in [1.29, 1.82) is 0 Å². The third kappa shape index (κ3) is 5.05. The molecule has 0 saturated carbocycles. The number of esters is 1. The van der Waals surface area contributed by atoms with Crippen LogP contribution in [0.3, 0.4) is 0 Å². The Kier molecular flexibility index (Phi) is 6.79. The Labute approximate surface area is 168 Å². The highest BCUT2D eigenvalue weighted by Crippen LogP contribution is 2.38. The van der Waals surface area contributed by atoms with Crippen molar-refractivity contribution in [1.82, 2.24) is 5.32 Å². The first kappa shape index (κ1) is 19.8. The maximum Gasteiger partial charge on any atom is 0.341 e. The molecule has 0 amide bonds. The lowest BCUT2D eigenvalue weighted by Gasteiger charge is -2.12. The van der Waals surface area contributed by atoms with Crippen LogP contribution >= 0.6 is 23.6 Å². The number of hydrogen-bond acceptors (Lipinski definition) is 4. The van der Waals surface area contributed by atoms with Crippen LogP contribution in [0.25, 0.3) is 0 Å². The van der Waals surface area contributed by atoms with E-state index in [1.807, 2.05) is 6.92 Å². The van der Waals surface area contributed by atoms with Gasteiger partial charge in [-0.25, -0.2) is 9.18 Å². The van der Waals surface area contributed by atoms with Crippen molar-refractivity contribution in [3.8, 4) is 0 Å². The van der Waals surface area contributed by atoms with Crippen molar-refractivity contribution in [2.24, 2.45) is 0 Å². The molecule has 0 saturated heterocycles. The second-order valence-corrected chi connectivity index (χ2v) is 7.94. The van der Waals surface area contributed by atoms with Gasteiger partial charge in [0.25, 0.3) is 0 Å². The van der Waals surface area contributed by atoms with Crippen molar-refractivity contribution in [3.63, 3.8) is 0 Å². The Morgan fingerprint density at radius 1 is 1.22 bits per heavy atom. The number of thiocarbonyl (C=S) groups is 1. The molecule has 0 fully saturated rings. The van der Waals surface area contributed by atoms with Crippen molar-refractivity contribution < 1.29 is 13.9 Å². The summed E-state index contributed by atoms with van der Waals surface area (Å²) in [7, 11) is 0. The normalized spacial score (nSPS) is 13.4. The Balaban J connectivity index is 1.73. The predicted molar refractivity (Wildman–Crippen MR) is 111 cm³/mol. The molecule has 0 radical (unpaired) electrons. The smallest absolute Gasteiger partial charge is 0.341 e. The Morgan fingerprint density at radius 2 is 1.96 bits per heavy atom. The van der Waals surface area contributed by atoms with E-state index in [4.69, 9.17) is 17.0 Å². The zero-order chi connectivity index (χ0) is 19.2. The molecular weight excluding hydrogens is 383 g/mol. The molecule has 0 aliphatic heterocycles. The average Bonchev–Trinajstić information content (AvgIpc) is 2.82. The minimum absolute atomic E-state index is 0.265. The number of thiophene rings is 1. The number of carbonyl (C=O) groups excluding carboxylic acids is 1. The van der Waals surface area contributed by atoms with Crippen molar-refractivity contribution in [3.05, 3.63) is 51.7 Å². The molecule has 0 bridgehead atoms. The number of hydrogen-bond donors (Lipinski definition) is 2. The second-order valence-electron chi connectivity index (χ2n) is 6.42. The van der Waals surface area contributed by atoms with Crippen LogP contribution in [0.2, 0.25) is 0 Å². The van der Waals surface area contributed by atoms with Crippen molar-refractivity contribution in [2.75, 3.05) is 11.9 Å². The molecule has 4 nitrogen and oxygen atoms in total. The molecule has 1 aromatic carbocycles. The van der Waals surface area contributed by atoms with Crippen molar-refractivity contribution in [2.45, 2.75) is 45.6 Å². The molecule has 27 heavy (non-hydrogen) atoms. The molecule has 3 rings (SSSR count). The van der Waals surface area contributed by atoms with E-state index in [0.29, 0.717) is 23.8 Å². The molecule has 1 aliphatic rings. The summed E-state index contributed by atoms with van der Waals surface area (Å²) in [5.41, 5.74) is 2.66. The van der Waals surface area contributed by atoms with Gasteiger partial charge in [-0.1, -0.05) is 18.6 Å². The highest BCUT2D eigenvalue weighted by Gasteiger charge is 2.26. The van der Waals surface area contributed by atoms with Gasteiger partial charge < -0.3 is 15.4 Å². The Bertz CT molecular complexity index is 818. The fourth-order valence-electron chi connectivity index (χ4n) is 3.18. The fourth-order valence-corrected chi connectivity index (χ4v) is 4.70. The van der Waals surface area contributed by atoms with Gasteiger partial charge in [-0.3, -0.25) is 0 Å². The lowest BCUT2D eigenvalue weighted by molar-refractivity contribution is 0.0527. The van der Waals surface area contributed by atoms with Crippen LogP contribution in [0.4, 0.5) is 9.39 Å². The van der Waals surface area contributed by atoms with Crippen LogP contribution in [-0.2, 0) is 24.1 Å². The van der Waals surface area contributed by atoms with Gasteiger partial charge in [0.15, 0.2) is 5.11 Å². The molecule has 0 spiro atoms. The number of halogens is 1. The van der Waals surface area contributed by atoms with Gasteiger partial charge in [-0.2, -0.15) is 0 Å². The molecule has 1 aliphatic carbocycles. The lowest BCUT2D eigenvalue weighted by Crippen LogP contribution is -2.28. The minimum Gasteiger partial charge on any atom is -0.462 e. The molecule has 1 heterocycles. The Hall–Kier alpha value is -1.99. The highest BCUT2D eigenvalue weighted by molar-refractivity contribution is 7.80. The topological polar surface area (TPSA) is 50.4 Å². The second kappa shape index (κ2) is 9.28. The summed E-state index contributed by atoms with van der Waals surface area (Å²) in [5.74, 6) is -0.556. The van der Waals surface area contributed by atoms with Crippen LogP contribution in [0, 0.1) is 5.82 Å². The average molecular weight is 407 g/mol. The number of rotatable bonds is 5. The van der Waals surface area contributed by atoms with E-state index < -0.39 is 0 Å². The molecule has 7 heteroatoms. The number of carbonyl (C=O) groups is 1. The number of benzene rings is 1. The lowest BCUT2D eigenvalue weighted by atomic mass is 10.1. The van der Waals surface area contributed by atoms with Gasteiger partial charge in [0.2, 0.25) is 0 Å². The molecule has 0 unspecified atom stereocenters. The van der Waals surface area contributed by atoms with E-state index in [1.165, 1.54) is 23.4 Å². The summed E-state index contributed by atoms with van der Waals surface area (Å²) < 4.78 is 18.3. The van der Waals surface area contributed by atoms with Gasteiger partial charge in [0, 0.05) is 11.4 Å². The number of ether oxygens (including phenoxy) is 1. The summed E-state index contributed by atoms with van der Waals surface area (Å²) in [5, 5.41) is 7.46. The summed E-state index contributed by atoms with van der Waals surface area (Å²) in [6.07, 6.45) is 5.30. The van der Waals surface area contributed by atoms with Gasteiger partial charge in [-0.15, -0.1) is 11.3 Å². The molecule has 0 atom stereocenters. The van der Waals surface area contributed by atoms with Crippen molar-refractivity contribution >= 4 is 39.6 Å². The SMILES string of the molecule is CCOC(=O)c1c(NC(=S)NCc2ccc(F)cc2)sc2c1CCCCC2. The predicted octanol–water partition coefficient (Wildman–Crippen LogP) is 4.82. The summed E-state index contributed by atoms with van der Waals surface area (Å²) in [6, 6.07) is 6.26. The zero-order valence-corrected chi connectivity index (χ0v) is 16.9. The fraction of sp³-hybridized carbons (Fsp3) is 0.400. The quantitative estimate of drug-likeness (QED) is 0.424. The molecular formula is C20H23FN2O2S2. The summed E-state index contributed by atoms with van der Waals surface area (Å²) in [6.45, 7) is 2.63. The van der Waals surface area contributed by atoms with E-state index in [1.54, 1.807) is 23.5 Å². The third-order valence-electron chi connectivity index (χ3n) is 4.49. The first-order chi connectivity index (χ1) is 13.1. The monoisotopic (exact) mass is 406 g/mol. The van der Waals surface area contributed by atoms with Gasteiger partial charge in [-0.05, 0) is 68.1 Å². The van der Waals surface area contributed by atoms with E-state index in [2.05, 4.69) is 10.6 Å². The van der Waals surface area contributed by atoms with Gasteiger partial charge >= 0.3 is 5.97 Å². The Morgan fingerprint density at radius 3 is 2.70 bits per heavy atom. The molecule has 1 aromatic heterocycles. The summed E-state index contributed by atoms with van der Waals surface area (Å²) in [4.78, 5) is 13.8. The van der Waals surface area contributed by atoms with Crippen LogP contribution in [0.5, 0.6) is 0 Å². The zero-order valence-electron chi connectivity index (χ0n) is 15.3. The van der Waals surface area contributed by atoms with Crippen LogP contribution < -0.4 is 10.6 Å². The van der Waals surface area contributed by atoms with Crippen LogP contribution in [0.1, 0.15) is 52.5 Å². The maximum atomic E-state index is 13.0.